The number of aromatic hydroxyl groups is 1. The second kappa shape index (κ2) is 10.9. The molecule has 5 rings (SSSR count). The highest BCUT2D eigenvalue weighted by molar-refractivity contribution is 6.04. The van der Waals surface area contributed by atoms with Gasteiger partial charge in [-0.3, -0.25) is 4.79 Å². The molecule has 0 bridgehead atoms. The van der Waals surface area contributed by atoms with Crippen molar-refractivity contribution >= 4 is 17.6 Å². The molecule has 38 heavy (non-hydrogen) atoms. The van der Waals surface area contributed by atoms with E-state index in [2.05, 4.69) is 15.7 Å². The average Bonchev–Trinajstić information content (AvgIpc) is 3.58. The Morgan fingerprint density at radius 1 is 0.947 bits per heavy atom. The molecule has 0 saturated heterocycles. The van der Waals surface area contributed by atoms with E-state index in [1.807, 2.05) is 56.3 Å². The second-order valence-corrected chi connectivity index (χ2v) is 10.0. The Kier molecular flexibility index (Phi) is 7.26. The van der Waals surface area contributed by atoms with Gasteiger partial charge in [0, 0.05) is 35.3 Å². The second-order valence-electron chi connectivity index (χ2n) is 10.0. The SMILES string of the molecule is Cc1ccc(C(=O)Nc2ccc(-c3cc(C4CCCC4)n(C(=O)NCc4cccc(C)c4)n3)c(O)c2)cc1. The summed E-state index contributed by atoms with van der Waals surface area (Å²) >= 11 is 0. The topological polar surface area (TPSA) is 96.3 Å². The van der Waals surface area contributed by atoms with Gasteiger partial charge in [0.05, 0.1) is 11.4 Å². The summed E-state index contributed by atoms with van der Waals surface area (Å²) < 4.78 is 1.45. The van der Waals surface area contributed by atoms with Crippen LogP contribution in [0.1, 0.15) is 64.3 Å². The van der Waals surface area contributed by atoms with Crippen LogP contribution in [-0.2, 0) is 6.54 Å². The molecule has 1 aliphatic rings. The summed E-state index contributed by atoms with van der Waals surface area (Å²) in [5.41, 5.74) is 6.13. The number of carbonyl (C=O) groups is 2. The fourth-order valence-corrected chi connectivity index (χ4v) is 5.01. The molecule has 2 amide bonds. The van der Waals surface area contributed by atoms with Gasteiger partial charge < -0.3 is 15.7 Å². The zero-order chi connectivity index (χ0) is 26.6. The standard InChI is InChI=1S/C31H32N4O3/c1-20-10-12-24(13-11-20)30(37)33-25-14-15-26(29(36)17-25)27-18-28(23-8-3-4-9-23)35(34-27)31(38)32-19-22-7-5-6-21(2)16-22/h5-7,10-18,23,36H,3-4,8-9,19H2,1-2H3,(H,32,38)(H,33,37). The molecule has 4 aromatic rings. The van der Waals surface area contributed by atoms with Gasteiger partial charge in [0.1, 0.15) is 5.75 Å². The molecule has 7 heteroatoms. The van der Waals surface area contributed by atoms with Gasteiger partial charge in [0.25, 0.3) is 5.91 Å². The lowest BCUT2D eigenvalue weighted by atomic mass is 10.0. The van der Waals surface area contributed by atoms with Gasteiger partial charge in [-0.2, -0.15) is 9.78 Å². The Hall–Kier alpha value is -4.39. The van der Waals surface area contributed by atoms with Crippen molar-refractivity contribution in [2.75, 3.05) is 5.32 Å². The summed E-state index contributed by atoms with van der Waals surface area (Å²) in [5, 5.41) is 21.3. The van der Waals surface area contributed by atoms with Crippen LogP contribution in [0.15, 0.2) is 72.8 Å². The molecule has 0 atom stereocenters. The van der Waals surface area contributed by atoms with Crippen LogP contribution >= 0.6 is 0 Å². The number of carbonyl (C=O) groups excluding carboxylic acids is 2. The van der Waals surface area contributed by atoms with Crippen molar-refractivity contribution in [1.29, 1.82) is 0 Å². The van der Waals surface area contributed by atoms with E-state index in [4.69, 9.17) is 0 Å². The van der Waals surface area contributed by atoms with Gasteiger partial charge >= 0.3 is 6.03 Å². The number of nitrogens with one attached hydrogen (secondary N) is 2. The molecule has 0 unspecified atom stereocenters. The summed E-state index contributed by atoms with van der Waals surface area (Å²) in [5.74, 6) is -0.0269. The van der Waals surface area contributed by atoms with Crippen molar-refractivity contribution < 1.29 is 14.7 Å². The molecular formula is C31H32N4O3. The first kappa shape index (κ1) is 25.3. The summed E-state index contributed by atoms with van der Waals surface area (Å²) in [6.45, 7) is 4.39. The average molecular weight is 509 g/mol. The monoisotopic (exact) mass is 508 g/mol. The minimum atomic E-state index is -0.291. The first-order valence-electron chi connectivity index (χ1n) is 13.0. The maximum atomic E-state index is 13.2. The minimum absolute atomic E-state index is 0.0190. The normalized spacial score (nSPS) is 13.4. The Balaban J connectivity index is 1.37. The summed E-state index contributed by atoms with van der Waals surface area (Å²) in [6.07, 6.45) is 4.26. The molecule has 194 valence electrons. The van der Waals surface area contributed by atoms with E-state index in [9.17, 15) is 14.7 Å². The molecular weight excluding hydrogens is 476 g/mol. The number of hydrogen-bond donors (Lipinski definition) is 3. The maximum absolute atomic E-state index is 13.2. The van der Waals surface area contributed by atoms with Crippen molar-refractivity contribution in [3.63, 3.8) is 0 Å². The van der Waals surface area contributed by atoms with Crippen LogP contribution in [0.25, 0.3) is 11.3 Å². The summed E-state index contributed by atoms with van der Waals surface area (Å²) in [4.78, 5) is 25.8. The molecule has 7 nitrogen and oxygen atoms in total. The van der Waals surface area contributed by atoms with E-state index >= 15 is 0 Å². The lowest BCUT2D eigenvalue weighted by molar-refractivity contribution is 0.102. The Labute approximate surface area is 222 Å². The third-order valence-corrected chi connectivity index (χ3v) is 7.07. The molecule has 0 spiro atoms. The fourth-order valence-electron chi connectivity index (χ4n) is 5.01. The fraction of sp³-hybridized carbons (Fsp3) is 0.258. The maximum Gasteiger partial charge on any atom is 0.342 e. The van der Waals surface area contributed by atoms with Crippen LogP contribution in [0.5, 0.6) is 5.75 Å². The summed E-state index contributed by atoms with van der Waals surface area (Å²) in [6, 6.07) is 21.9. The van der Waals surface area contributed by atoms with E-state index in [1.54, 1.807) is 24.3 Å². The lowest BCUT2D eigenvalue weighted by Gasteiger charge is -2.12. The van der Waals surface area contributed by atoms with E-state index in [1.165, 1.54) is 10.7 Å². The molecule has 1 saturated carbocycles. The van der Waals surface area contributed by atoms with Gasteiger partial charge in [0.15, 0.2) is 0 Å². The van der Waals surface area contributed by atoms with Gasteiger partial charge in [-0.05, 0) is 62.6 Å². The molecule has 1 aromatic heterocycles. The van der Waals surface area contributed by atoms with Crippen LogP contribution in [0, 0.1) is 13.8 Å². The van der Waals surface area contributed by atoms with E-state index in [-0.39, 0.29) is 23.6 Å². The molecule has 3 N–H and O–H groups in total. The number of anilines is 1. The first-order chi connectivity index (χ1) is 18.4. The third-order valence-electron chi connectivity index (χ3n) is 7.07. The Morgan fingerprint density at radius 2 is 1.71 bits per heavy atom. The number of aryl methyl sites for hydroxylation is 2. The molecule has 0 aliphatic heterocycles. The van der Waals surface area contributed by atoms with E-state index in [0.717, 1.165) is 48.1 Å². The molecule has 3 aromatic carbocycles. The van der Waals surface area contributed by atoms with Crippen LogP contribution < -0.4 is 10.6 Å². The number of hydrogen-bond acceptors (Lipinski definition) is 4. The van der Waals surface area contributed by atoms with Gasteiger partial charge in [-0.1, -0.05) is 60.4 Å². The van der Waals surface area contributed by atoms with Crippen molar-refractivity contribution in [3.8, 4) is 17.0 Å². The van der Waals surface area contributed by atoms with E-state index < -0.39 is 0 Å². The molecule has 1 fully saturated rings. The number of benzene rings is 3. The number of amides is 2. The van der Waals surface area contributed by atoms with Crippen LogP contribution in [0.3, 0.4) is 0 Å². The Bertz CT molecular complexity index is 1470. The van der Waals surface area contributed by atoms with E-state index in [0.29, 0.717) is 29.1 Å². The smallest absolute Gasteiger partial charge is 0.342 e. The third kappa shape index (κ3) is 5.62. The quantitative estimate of drug-likeness (QED) is 0.275. The van der Waals surface area contributed by atoms with Gasteiger partial charge in [0.2, 0.25) is 0 Å². The highest BCUT2D eigenvalue weighted by Gasteiger charge is 2.26. The minimum Gasteiger partial charge on any atom is -0.507 e. The predicted octanol–water partition coefficient (Wildman–Crippen LogP) is 6.54. The molecule has 0 radical (unpaired) electrons. The van der Waals surface area contributed by atoms with Crippen LogP contribution in [-0.4, -0.2) is 26.8 Å². The largest absolute Gasteiger partial charge is 0.507 e. The number of nitrogens with zero attached hydrogens (tertiary/aromatic N) is 2. The number of phenolic OH excluding ortho intramolecular Hbond substituents is 1. The number of phenols is 1. The van der Waals surface area contributed by atoms with Crippen LogP contribution in [0.2, 0.25) is 0 Å². The lowest BCUT2D eigenvalue weighted by Crippen LogP contribution is -2.30. The van der Waals surface area contributed by atoms with Crippen molar-refractivity contribution in [1.82, 2.24) is 15.1 Å². The molecule has 1 heterocycles. The number of aromatic nitrogens is 2. The predicted molar refractivity (Wildman–Crippen MR) is 148 cm³/mol. The van der Waals surface area contributed by atoms with Crippen molar-refractivity contribution in [3.05, 3.63) is 101 Å². The van der Waals surface area contributed by atoms with Crippen LogP contribution in [0.4, 0.5) is 10.5 Å². The number of rotatable bonds is 6. The Morgan fingerprint density at radius 3 is 2.42 bits per heavy atom. The molecule has 1 aliphatic carbocycles. The summed E-state index contributed by atoms with van der Waals surface area (Å²) in [7, 11) is 0. The highest BCUT2D eigenvalue weighted by Crippen LogP contribution is 2.38. The van der Waals surface area contributed by atoms with Gasteiger partial charge in [-0.15, -0.1) is 0 Å². The van der Waals surface area contributed by atoms with Gasteiger partial charge in [-0.25, -0.2) is 4.79 Å². The zero-order valence-electron chi connectivity index (χ0n) is 21.7. The van der Waals surface area contributed by atoms with Crippen molar-refractivity contribution in [2.45, 2.75) is 52.0 Å². The first-order valence-corrected chi connectivity index (χ1v) is 13.0. The zero-order valence-corrected chi connectivity index (χ0v) is 21.7. The van der Waals surface area contributed by atoms with Crippen molar-refractivity contribution in [2.24, 2.45) is 0 Å². The highest BCUT2D eigenvalue weighted by atomic mass is 16.3.